The second-order valence-corrected chi connectivity index (χ2v) is 14.2. The highest BCUT2D eigenvalue weighted by molar-refractivity contribution is 7.89. The number of ketones is 1. The fourth-order valence-corrected chi connectivity index (χ4v) is 5.92. The Kier molecular flexibility index (Phi) is 13.6. The number of esters is 2. The molecule has 0 aliphatic rings. The van der Waals surface area contributed by atoms with Crippen LogP contribution < -0.4 is 10.5 Å². The van der Waals surface area contributed by atoms with Crippen LogP contribution in [-0.4, -0.2) is 87.2 Å². The minimum absolute atomic E-state index is 0.0757. The van der Waals surface area contributed by atoms with E-state index in [0.717, 1.165) is 6.07 Å². The Hall–Kier alpha value is -4.15. The van der Waals surface area contributed by atoms with Crippen LogP contribution in [0.15, 0.2) is 64.1 Å². The van der Waals surface area contributed by atoms with Gasteiger partial charge in [-0.15, -0.1) is 0 Å². The SMILES string of the molecule is CC(C(=O)c1cccc(Cl)c1)N(C(=O)OCOC(=O)CN(C)CCOC(=O)c1cc(S(N)(=O)=O)c(Cl)cc1NCc1ccco1)C(C)(C)C. The van der Waals surface area contributed by atoms with Gasteiger partial charge in [0.25, 0.3) is 0 Å². The van der Waals surface area contributed by atoms with Gasteiger partial charge in [-0.2, -0.15) is 0 Å². The molecule has 0 aliphatic carbocycles. The van der Waals surface area contributed by atoms with E-state index in [1.165, 1.54) is 28.2 Å². The normalized spacial score (nSPS) is 12.3. The molecule has 3 aromatic rings. The first kappa shape index (κ1) is 39.3. The van der Waals surface area contributed by atoms with E-state index >= 15 is 0 Å². The molecular formula is C32H38Cl2N4O10S. The smallest absolute Gasteiger partial charge is 0.413 e. The van der Waals surface area contributed by atoms with Crippen LogP contribution in [-0.2, 0) is 35.6 Å². The molecule has 1 heterocycles. The molecule has 0 radical (unpaired) electrons. The first-order valence-electron chi connectivity index (χ1n) is 14.8. The van der Waals surface area contributed by atoms with Crippen molar-refractivity contribution in [2.24, 2.45) is 5.14 Å². The second-order valence-electron chi connectivity index (χ2n) is 11.8. The standard InChI is InChI=1S/C32H38Cl2N4O10S/c1-20(29(40)21-8-6-9-22(33)14-21)38(32(2,3)4)31(42)48-19-47-28(39)18-37(5)11-13-46-30(41)24-15-27(49(35,43)44)25(34)16-26(24)36-17-23-10-7-12-45-23/h6-10,12,14-16,20,36H,11,13,17-19H2,1-5H3,(H2,35,43,44). The summed E-state index contributed by atoms with van der Waals surface area (Å²) >= 11 is 12.1. The van der Waals surface area contributed by atoms with Crippen molar-refractivity contribution in [2.45, 2.75) is 50.7 Å². The van der Waals surface area contributed by atoms with Gasteiger partial charge in [0.05, 0.1) is 41.7 Å². The molecule has 0 aliphatic heterocycles. The van der Waals surface area contributed by atoms with Gasteiger partial charge in [-0.05, 0) is 71.1 Å². The number of carbonyl (C=O) groups is 4. The average molecular weight is 742 g/mol. The van der Waals surface area contributed by atoms with Crippen LogP contribution in [0, 0.1) is 0 Å². The maximum Gasteiger partial charge on any atom is 0.413 e. The van der Waals surface area contributed by atoms with Crippen LogP contribution in [0.5, 0.6) is 0 Å². The lowest BCUT2D eigenvalue weighted by Gasteiger charge is -2.38. The summed E-state index contributed by atoms with van der Waals surface area (Å²) in [7, 11) is -2.70. The quantitative estimate of drug-likeness (QED) is 0.122. The topological polar surface area (TPSA) is 188 Å². The van der Waals surface area contributed by atoms with E-state index in [-0.39, 0.29) is 48.3 Å². The molecular weight excluding hydrogens is 703 g/mol. The number of benzene rings is 2. The number of carbonyl (C=O) groups excluding carboxylic acids is 4. The largest absolute Gasteiger partial charge is 0.467 e. The molecule has 1 unspecified atom stereocenters. The number of sulfonamides is 1. The van der Waals surface area contributed by atoms with Crippen LogP contribution in [0.1, 0.15) is 54.2 Å². The van der Waals surface area contributed by atoms with Crippen molar-refractivity contribution < 1.29 is 46.2 Å². The summed E-state index contributed by atoms with van der Waals surface area (Å²) in [6.07, 6.45) is 0.604. The van der Waals surface area contributed by atoms with Crippen molar-refractivity contribution in [3.8, 4) is 0 Å². The molecule has 0 spiro atoms. The summed E-state index contributed by atoms with van der Waals surface area (Å²) in [5.41, 5.74) is -0.463. The van der Waals surface area contributed by atoms with Gasteiger partial charge in [0.2, 0.25) is 16.8 Å². The van der Waals surface area contributed by atoms with Crippen molar-refractivity contribution >= 4 is 62.7 Å². The number of primary sulfonamides is 1. The first-order valence-corrected chi connectivity index (χ1v) is 17.1. The van der Waals surface area contributed by atoms with Crippen molar-refractivity contribution in [3.05, 3.63) is 81.7 Å². The number of halogens is 2. The van der Waals surface area contributed by atoms with E-state index in [9.17, 15) is 27.6 Å². The number of hydrogen-bond donors (Lipinski definition) is 2. The summed E-state index contributed by atoms with van der Waals surface area (Å²) in [6, 6.07) is 11.1. The number of Topliss-reactive ketones (excluding diaryl/α,β-unsaturated/α-hetero) is 1. The molecule has 1 aromatic heterocycles. The third kappa shape index (κ3) is 11.5. The van der Waals surface area contributed by atoms with Crippen LogP contribution in [0.2, 0.25) is 10.0 Å². The predicted octanol–water partition coefficient (Wildman–Crippen LogP) is 4.94. The van der Waals surface area contributed by atoms with Crippen LogP contribution in [0.3, 0.4) is 0 Å². The zero-order valence-electron chi connectivity index (χ0n) is 27.5. The van der Waals surface area contributed by atoms with Crippen molar-refractivity contribution in [1.82, 2.24) is 9.80 Å². The minimum Gasteiger partial charge on any atom is -0.467 e. The number of likely N-dealkylation sites (N-methyl/N-ethyl adjacent to an activating group) is 1. The van der Waals surface area contributed by atoms with E-state index in [0.29, 0.717) is 16.3 Å². The van der Waals surface area contributed by atoms with Crippen molar-refractivity contribution in [3.63, 3.8) is 0 Å². The van der Waals surface area contributed by atoms with E-state index in [2.05, 4.69) is 5.32 Å². The van der Waals surface area contributed by atoms with Gasteiger partial charge < -0.3 is 23.9 Å². The highest BCUT2D eigenvalue weighted by Gasteiger charge is 2.36. The average Bonchev–Trinajstić information content (AvgIpc) is 3.52. The Bertz CT molecular complexity index is 1760. The number of hydrogen-bond acceptors (Lipinski definition) is 12. The molecule has 14 nitrogen and oxygen atoms in total. The number of furan rings is 1. The lowest BCUT2D eigenvalue weighted by atomic mass is 9.98. The van der Waals surface area contributed by atoms with Gasteiger partial charge in [-0.25, -0.2) is 23.1 Å². The maximum atomic E-state index is 13.1. The zero-order chi connectivity index (χ0) is 36.5. The van der Waals surface area contributed by atoms with E-state index < -0.39 is 51.3 Å². The third-order valence-corrected chi connectivity index (χ3v) is 8.55. The fourth-order valence-electron chi connectivity index (χ4n) is 4.63. The third-order valence-electron chi connectivity index (χ3n) is 6.93. The van der Waals surface area contributed by atoms with Gasteiger partial charge in [-0.1, -0.05) is 35.3 Å². The Labute approximate surface area is 294 Å². The van der Waals surface area contributed by atoms with E-state index in [1.54, 1.807) is 65.1 Å². The Balaban J connectivity index is 1.52. The predicted molar refractivity (Wildman–Crippen MR) is 181 cm³/mol. The number of rotatable bonds is 15. The molecule has 49 heavy (non-hydrogen) atoms. The monoisotopic (exact) mass is 740 g/mol. The van der Waals surface area contributed by atoms with E-state index in [4.69, 9.17) is 47.0 Å². The Morgan fingerprint density at radius 2 is 1.73 bits per heavy atom. The molecule has 1 amide bonds. The second kappa shape index (κ2) is 17.0. The Morgan fingerprint density at radius 3 is 2.35 bits per heavy atom. The summed E-state index contributed by atoms with van der Waals surface area (Å²) < 4.78 is 44.9. The molecule has 3 rings (SSSR count). The molecule has 2 aromatic carbocycles. The van der Waals surface area contributed by atoms with E-state index in [1.807, 2.05) is 0 Å². The van der Waals surface area contributed by atoms with Crippen molar-refractivity contribution in [1.29, 1.82) is 0 Å². The van der Waals surface area contributed by atoms with Gasteiger partial charge in [0.1, 0.15) is 17.3 Å². The van der Waals surface area contributed by atoms with Crippen LogP contribution >= 0.6 is 23.2 Å². The number of anilines is 1. The highest BCUT2D eigenvalue weighted by Crippen LogP contribution is 2.29. The molecule has 0 saturated heterocycles. The molecule has 0 bridgehead atoms. The van der Waals surface area contributed by atoms with Crippen molar-refractivity contribution in [2.75, 3.05) is 38.9 Å². The lowest BCUT2D eigenvalue weighted by molar-refractivity contribution is -0.153. The number of amides is 1. The maximum absolute atomic E-state index is 13.1. The summed E-state index contributed by atoms with van der Waals surface area (Å²) in [6.45, 7) is 5.83. The van der Waals surface area contributed by atoms with Gasteiger partial charge in [0.15, 0.2) is 5.78 Å². The van der Waals surface area contributed by atoms with Gasteiger partial charge in [-0.3, -0.25) is 19.4 Å². The molecule has 1 atom stereocenters. The highest BCUT2D eigenvalue weighted by atomic mass is 35.5. The number of nitrogens with one attached hydrogen (secondary N) is 1. The minimum atomic E-state index is -4.26. The van der Waals surface area contributed by atoms with Gasteiger partial charge in [0, 0.05) is 22.7 Å². The summed E-state index contributed by atoms with van der Waals surface area (Å²) in [5, 5.41) is 8.39. The fraction of sp³-hybridized carbons (Fsp3) is 0.375. The molecule has 0 saturated carbocycles. The Morgan fingerprint density at radius 1 is 1.02 bits per heavy atom. The molecule has 3 N–H and O–H groups in total. The zero-order valence-corrected chi connectivity index (χ0v) is 29.9. The van der Waals surface area contributed by atoms with Crippen LogP contribution in [0.25, 0.3) is 0 Å². The molecule has 266 valence electrons. The van der Waals surface area contributed by atoms with Gasteiger partial charge >= 0.3 is 18.0 Å². The number of ether oxygens (including phenoxy) is 3. The van der Waals surface area contributed by atoms with Crippen LogP contribution in [0.4, 0.5) is 10.5 Å². The first-order chi connectivity index (χ1) is 22.9. The number of nitrogens with two attached hydrogens (primary N) is 1. The molecule has 17 heteroatoms. The lowest BCUT2D eigenvalue weighted by Crippen LogP contribution is -2.53. The molecule has 0 fully saturated rings. The number of nitrogens with zero attached hydrogens (tertiary/aromatic N) is 2. The summed E-state index contributed by atoms with van der Waals surface area (Å²) in [5.74, 6) is -1.43. The summed E-state index contributed by atoms with van der Waals surface area (Å²) in [4.78, 5) is 53.8.